The molecule has 2 rings (SSSR count). The Hall–Kier alpha value is -1.65. The van der Waals surface area contributed by atoms with Crippen molar-refractivity contribution in [2.24, 2.45) is 0 Å². The summed E-state index contributed by atoms with van der Waals surface area (Å²) in [5.41, 5.74) is 0.539. The molecule has 0 aliphatic carbocycles. The molecular formula is C16H25N5O3S2. The van der Waals surface area contributed by atoms with E-state index in [1.807, 2.05) is 0 Å². The van der Waals surface area contributed by atoms with E-state index in [9.17, 15) is 13.2 Å². The fourth-order valence-corrected chi connectivity index (χ4v) is 4.60. The second kappa shape index (κ2) is 9.33. The normalized spacial score (nSPS) is 12.0. The van der Waals surface area contributed by atoms with Gasteiger partial charge in [-0.3, -0.25) is 9.20 Å². The SMILES string of the molecule is CCCCNC(=O)CSc1nnc2ccc(S(=O)(=O)N(CC)CC)cn12. The quantitative estimate of drug-likeness (QED) is 0.483. The number of nitrogens with zero attached hydrogens (tertiary/aromatic N) is 4. The van der Waals surface area contributed by atoms with Gasteiger partial charge in [0.25, 0.3) is 0 Å². The van der Waals surface area contributed by atoms with Gasteiger partial charge in [0.2, 0.25) is 15.9 Å². The number of unbranched alkanes of at least 4 members (excludes halogenated alkanes) is 1. The number of nitrogens with one attached hydrogen (secondary N) is 1. The highest BCUT2D eigenvalue weighted by Crippen LogP contribution is 2.21. The average Bonchev–Trinajstić information content (AvgIpc) is 3.03. The van der Waals surface area contributed by atoms with Crippen LogP contribution >= 0.6 is 11.8 Å². The molecule has 26 heavy (non-hydrogen) atoms. The molecule has 0 atom stereocenters. The molecule has 2 aromatic heterocycles. The predicted molar refractivity (Wildman–Crippen MR) is 102 cm³/mol. The summed E-state index contributed by atoms with van der Waals surface area (Å²) in [5.74, 6) is 0.129. The van der Waals surface area contributed by atoms with E-state index in [2.05, 4.69) is 22.4 Å². The minimum absolute atomic E-state index is 0.0767. The van der Waals surface area contributed by atoms with Gasteiger partial charge in [-0.25, -0.2) is 8.42 Å². The Labute approximate surface area is 158 Å². The Morgan fingerprint density at radius 2 is 1.96 bits per heavy atom. The Morgan fingerprint density at radius 3 is 2.62 bits per heavy atom. The fraction of sp³-hybridized carbons (Fsp3) is 0.562. The lowest BCUT2D eigenvalue weighted by atomic mass is 10.3. The summed E-state index contributed by atoms with van der Waals surface area (Å²) in [6.07, 6.45) is 3.48. The van der Waals surface area contributed by atoms with Crippen LogP contribution in [0.5, 0.6) is 0 Å². The Morgan fingerprint density at radius 1 is 1.23 bits per heavy atom. The highest BCUT2D eigenvalue weighted by atomic mass is 32.2. The van der Waals surface area contributed by atoms with Gasteiger partial charge in [0.1, 0.15) is 0 Å². The molecule has 0 spiro atoms. The van der Waals surface area contributed by atoms with Gasteiger partial charge in [0.05, 0.1) is 10.6 Å². The highest BCUT2D eigenvalue weighted by molar-refractivity contribution is 7.99. The zero-order valence-corrected chi connectivity index (χ0v) is 16.9. The van der Waals surface area contributed by atoms with Crippen LogP contribution in [0.2, 0.25) is 0 Å². The molecular weight excluding hydrogens is 374 g/mol. The first kappa shape index (κ1) is 20.7. The second-order valence-electron chi connectivity index (χ2n) is 5.66. The smallest absolute Gasteiger partial charge is 0.244 e. The molecule has 0 fully saturated rings. The van der Waals surface area contributed by atoms with Crippen LogP contribution < -0.4 is 5.32 Å². The topological polar surface area (TPSA) is 96.7 Å². The standard InChI is InChI=1S/C16H25N5O3S2/c1-4-7-10-17-15(22)12-25-16-19-18-14-9-8-13(11-21(14)16)26(23,24)20(5-2)6-3/h8-9,11H,4-7,10,12H2,1-3H3,(H,17,22). The zero-order chi connectivity index (χ0) is 19.2. The van der Waals surface area contributed by atoms with Crippen molar-refractivity contribution >= 4 is 33.3 Å². The van der Waals surface area contributed by atoms with Crippen molar-refractivity contribution in [3.05, 3.63) is 18.3 Å². The van der Waals surface area contributed by atoms with E-state index in [0.717, 1.165) is 12.8 Å². The first-order chi connectivity index (χ1) is 12.4. The van der Waals surface area contributed by atoms with Gasteiger partial charge in [-0.1, -0.05) is 39.0 Å². The summed E-state index contributed by atoms with van der Waals surface area (Å²) >= 11 is 1.23. The summed E-state index contributed by atoms with van der Waals surface area (Å²) in [4.78, 5) is 12.0. The molecule has 1 amide bonds. The van der Waals surface area contributed by atoms with E-state index >= 15 is 0 Å². The first-order valence-corrected chi connectivity index (χ1v) is 11.1. The monoisotopic (exact) mass is 399 g/mol. The minimum atomic E-state index is -3.57. The number of fused-ring (bicyclic) bond motifs is 1. The molecule has 0 aromatic carbocycles. The van der Waals surface area contributed by atoms with Crippen molar-refractivity contribution in [3.63, 3.8) is 0 Å². The van der Waals surface area contributed by atoms with Crippen LogP contribution in [0.15, 0.2) is 28.4 Å². The third-order valence-corrected chi connectivity index (χ3v) is 6.85. The van der Waals surface area contributed by atoms with Crippen molar-refractivity contribution in [2.45, 2.75) is 43.7 Å². The number of thioether (sulfide) groups is 1. The van der Waals surface area contributed by atoms with Gasteiger partial charge in [0.15, 0.2) is 10.8 Å². The summed E-state index contributed by atoms with van der Waals surface area (Å²) < 4.78 is 28.4. The zero-order valence-electron chi connectivity index (χ0n) is 15.3. The summed E-state index contributed by atoms with van der Waals surface area (Å²) in [6.45, 7) is 7.13. The molecule has 0 saturated heterocycles. The maximum absolute atomic E-state index is 12.7. The number of sulfonamides is 1. The number of pyridine rings is 1. The van der Waals surface area contributed by atoms with Gasteiger partial charge in [0, 0.05) is 25.8 Å². The first-order valence-electron chi connectivity index (χ1n) is 8.68. The van der Waals surface area contributed by atoms with E-state index in [-0.39, 0.29) is 16.6 Å². The number of hydrogen-bond donors (Lipinski definition) is 1. The number of amides is 1. The van der Waals surface area contributed by atoms with Crippen LogP contribution in [-0.4, -0.2) is 58.6 Å². The fourth-order valence-electron chi connectivity index (χ4n) is 2.40. The molecule has 8 nitrogen and oxygen atoms in total. The number of rotatable bonds is 10. The highest BCUT2D eigenvalue weighted by Gasteiger charge is 2.22. The summed E-state index contributed by atoms with van der Waals surface area (Å²) in [5, 5.41) is 11.4. The molecule has 144 valence electrons. The minimum Gasteiger partial charge on any atom is -0.355 e. The summed E-state index contributed by atoms with van der Waals surface area (Å²) in [6, 6.07) is 3.15. The number of hydrogen-bond acceptors (Lipinski definition) is 6. The third-order valence-electron chi connectivity index (χ3n) is 3.87. The molecule has 2 aromatic rings. The molecule has 0 aliphatic heterocycles. The largest absolute Gasteiger partial charge is 0.355 e. The molecule has 2 heterocycles. The lowest BCUT2D eigenvalue weighted by molar-refractivity contribution is -0.118. The van der Waals surface area contributed by atoms with Crippen LogP contribution in [0, 0.1) is 0 Å². The maximum atomic E-state index is 12.7. The Bertz CT molecular complexity index is 847. The Kier molecular flexibility index (Phi) is 7.42. The lowest BCUT2D eigenvalue weighted by Gasteiger charge is -2.18. The molecule has 0 bridgehead atoms. The van der Waals surface area contributed by atoms with Crippen molar-refractivity contribution in [1.29, 1.82) is 0 Å². The van der Waals surface area contributed by atoms with Crippen LogP contribution in [-0.2, 0) is 14.8 Å². The van der Waals surface area contributed by atoms with Crippen molar-refractivity contribution in [2.75, 3.05) is 25.4 Å². The van der Waals surface area contributed by atoms with Gasteiger partial charge >= 0.3 is 0 Å². The third kappa shape index (κ3) is 4.74. The van der Waals surface area contributed by atoms with Gasteiger partial charge in [-0.15, -0.1) is 10.2 Å². The molecule has 0 aliphatic rings. The lowest BCUT2D eigenvalue weighted by Crippen LogP contribution is -2.30. The van der Waals surface area contributed by atoms with E-state index in [1.54, 1.807) is 24.3 Å². The van der Waals surface area contributed by atoms with Crippen molar-refractivity contribution in [3.8, 4) is 0 Å². The van der Waals surface area contributed by atoms with Crippen molar-refractivity contribution in [1.82, 2.24) is 24.2 Å². The van der Waals surface area contributed by atoms with Gasteiger partial charge in [-0.05, 0) is 18.6 Å². The van der Waals surface area contributed by atoms with E-state index < -0.39 is 10.0 Å². The van der Waals surface area contributed by atoms with Gasteiger partial charge < -0.3 is 5.32 Å². The molecule has 1 N–H and O–H groups in total. The van der Waals surface area contributed by atoms with E-state index in [4.69, 9.17) is 0 Å². The molecule has 10 heteroatoms. The predicted octanol–water partition coefficient (Wildman–Crippen LogP) is 1.77. The maximum Gasteiger partial charge on any atom is 0.244 e. The van der Waals surface area contributed by atoms with Crippen LogP contribution in [0.25, 0.3) is 5.65 Å². The molecule has 0 unspecified atom stereocenters. The van der Waals surface area contributed by atoms with Crippen LogP contribution in [0.4, 0.5) is 0 Å². The number of carbonyl (C=O) groups is 1. The number of carbonyl (C=O) groups excluding carboxylic acids is 1. The Balaban J connectivity index is 2.19. The van der Waals surface area contributed by atoms with E-state index in [0.29, 0.717) is 30.4 Å². The summed E-state index contributed by atoms with van der Waals surface area (Å²) in [7, 11) is -3.57. The molecule has 0 radical (unpaired) electrons. The van der Waals surface area contributed by atoms with Gasteiger partial charge in [-0.2, -0.15) is 4.31 Å². The second-order valence-corrected chi connectivity index (χ2v) is 8.54. The van der Waals surface area contributed by atoms with E-state index in [1.165, 1.54) is 28.3 Å². The number of aromatic nitrogens is 3. The average molecular weight is 400 g/mol. The van der Waals surface area contributed by atoms with Crippen LogP contribution in [0.3, 0.4) is 0 Å². The van der Waals surface area contributed by atoms with Crippen LogP contribution in [0.1, 0.15) is 33.6 Å². The molecule has 0 saturated carbocycles. The van der Waals surface area contributed by atoms with Crippen molar-refractivity contribution < 1.29 is 13.2 Å².